The van der Waals surface area contributed by atoms with Gasteiger partial charge in [0.1, 0.15) is 5.82 Å². The molecule has 9 heteroatoms. The van der Waals surface area contributed by atoms with E-state index in [2.05, 4.69) is 15.0 Å². The second-order valence-corrected chi connectivity index (χ2v) is 9.65. The fourth-order valence-electron chi connectivity index (χ4n) is 3.06. The SMILES string of the molecule is O=C(Cc1ccc(NS(=O)(=O)c2ccc(F)cc2)cc1)NCc1ccc(OCC2CC2)nc1. The van der Waals surface area contributed by atoms with Crippen LogP contribution in [0.25, 0.3) is 0 Å². The molecule has 0 atom stereocenters. The van der Waals surface area contributed by atoms with Gasteiger partial charge in [0, 0.05) is 24.5 Å². The molecule has 2 N–H and O–H groups in total. The van der Waals surface area contributed by atoms with E-state index in [-0.39, 0.29) is 17.2 Å². The summed E-state index contributed by atoms with van der Waals surface area (Å²) in [5, 5.41) is 2.84. The average Bonchev–Trinajstić information content (AvgIpc) is 3.63. The van der Waals surface area contributed by atoms with Crippen LogP contribution >= 0.6 is 0 Å². The smallest absolute Gasteiger partial charge is 0.261 e. The molecule has 1 saturated carbocycles. The topological polar surface area (TPSA) is 97.4 Å². The maximum Gasteiger partial charge on any atom is 0.261 e. The van der Waals surface area contributed by atoms with Crippen molar-refractivity contribution in [2.75, 3.05) is 11.3 Å². The highest BCUT2D eigenvalue weighted by atomic mass is 32.2. The Morgan fingerprint density at radius 1 is 1.00 bits per heavy atom. The molecule has 33 heavy (non-hydrogen) atoms. The number of hydrogen-bond donors (Lipinski definition) is 2. The zero-order valence-corrected chi connectivity index (χ0v) is 18.6. The van der Waals surface area contributed by atoms with Crippen LogP contribution in [0.15, 0.2) is 71.8 Å². The first-order valence-electron chi connectivity index (χ1n) is 10.6. The molecule has 0 unspecified atom stereocenters. The van der Waals surface area contributed by atoms with Gasteiger partial charge in [-0.05, 0) is 66.3 Å². The minimum atomic E-state index is -3.82. The van der Waals surface area contributed by atoms with Crippen LogP contribution in [-0.4, -0.2) is 25.9 Å². The van der Waals surface area contributed by atoms with Gasteiger partial charge >= 0.3 is 0 Å². The lowest BCUT2D eigenvalue weighted by atomic mass is 10.1. The van der Waals surface area contributed by atoms with Gasteiger partial charge in [0.15, 0.2) is 0 Å². The Morgan fingerprint density at radius 3 is 2.33 bits per heavy atom. The highest BCUT2D eigenvalue weighted by molar-refractivity contribution is 7.92. The zero-order valence-electron chi connectivity index (χ0n) is 17.8. The maximum absolute atomic E-state index is 13.0. The molecule has 3 aromatic rings. The Balaban J connectivity index is 1.25. The highest BCUT2D eigenvalue weighted by Gasteiger charge is 2.22. The first-order valence-corrected chi connectivity index (χ1v) is 12.1. The fraction of sp³-hybridized carbons (Fsp3) is 0.250. The van der Waals surface area contributed by atoms with Crippen molar-refractivity contribution in [3.8, 4) is 5.88 Å². The lowest BCUT2D eigenvalue weighted by Gasteiger charge is -2.09. The van der Waals surface area contributed by atoms with E-state index in [1.165, 1.54) is 25.0 Å². The number of nitrogens with one attached hydrogen (secondary N) is 2. The number of hydrogen-bond acceptors (Lipinski definition) is 5. The van der Waals surface area contributed by atoms with Crippen LogP contribution in [0.5, 0.6) is 5.88 Å². The Kier molecular flexibility index (Phi) is 6.88. The van der Waals surface area contributed by atoms with Crippen LogP contribution in [0.3, 0.4) is 0 Å². The van der Waals surface area contributed by atoms with Crippen molar-refractivity contribution < 1.29 is 22.3 Å². The summed E-state index contributed by atoms with van der Waals surface area (Å²) in [6.45, 7) is 1.06. The highest BCUT2D eigenvalue weighted by Crippen LogP contribution is 2.29. The molecule has 2 aromatic carbocycles. The molecule has 1 aliphatic rings. The molecule has 172 valence electrons. The summed E-state index contributed by atoms with van der Waals surface area (Å²) >= 11 is 0. The van der Waals surface area contributed by atoms with Crippen molar-refractivity contribution in [1.82, 2.24) is 10.3 Å². The van der Waals surface area contributed by atoms with Crippen molar-refractivity contribution in [2.24, 2.45) is 5.92 Å². The van der Waals surface area contributed by atoms with Gasteiger partial charge in [-0.3, -0.25) is 9.52 Å². The third kappa shape index (κ3) is 6.76. The molecule has 0 spiro atoms. The largest absolute Gasteiger partial charge is 0.477 e. The van der Waals surface area contributed by atoms with Gasteiger partial charge in [-0.25, -0.2) is 17.8 Å². The molecule has 0 bridgehead atoms. The molecule has 1 aromatic heterocycles. The predicted molar refractivity (Wildman–Crippen MR) is 122 cm³/mol. The molecule has 1 amide bonds. The fourth-order valence-corrected chi connectivity index (χ4v) is 4.11. The molecule has 1 aliphatic carbocycles. The van der Waals surface area contributed by atoms with Gasteiger partial charge in [0.05, 0.1) is 17.9 Å². The van der Waals surface area contributed by atoms with Crippen LogP contribution in [0.4, 0.5) is 10.1 Å². The Bertz CT molecular complexity index is 1190. The van der Waals surface area contributed by atoms with Gasteiger partial charge < -0.3 is 10.1 Å². The molecule has 4 rings (SSSR count). The van der Waals surface area contributed by atoms with Crippen molar-refractivity contribution in [1.29, 1.82) is 0 Å². The quantitative estimate of drug-likeness (QED) is 0.472. The summed E-state index contributed by atoms with van der Waals surface area (Å²) in [5.41, 5.74) is 1.95. The molecule has 0 aliphatic heterocycles. The third-order valence-corrected chi connectivity index (χ3v) is 6.54. The van der Waals surface area contributed by atoms with Gasteiger partial charge in [0.2, 0.25) is 11.8 Å². The van der Waals surface area contributed by atoms with Crippen LogP contribution in [0.1, 0.15) is 24.0 Å². The second-order valence-electron chi connectivity index (χ2n) is 7.97. The van der Waals surface area contributed by atoms with Crippen molar-refractivity contribution >= 4 is 21.6 Å². The average molecular weight is 470 g/mol. The summed E-state index contributed by atoms with van der Waals surface area (Å²) in [5.74, 6) is 0.577. The first-order chi connectivity index (χ1) is 15.9. The zero-order chi connectivity index (χ0) is 23.3. The Hall–Kier alpha value is -3.46. The normalized spacial score (nSPS) is 13.4. The van der Waals surface area contributed by atoms with Crippen molar-refractivity contribution in [3.63, 3.8) is 0 Å². The lowest BCUT2D eigenvalue weighted by Crippen LogP contribution is -2.24. The van der Waals surface area contributed by atoms with Gasteiger partial charge in [-0.2, -0.15) is 0 Å². The molecule has 1 heterocycles. The van der Waals surface area contributed by atoms with E-state index in [0.29, 0.717) is 30.6 Å². The van der Waals surface area contributed by atoms with E-state index in [1.807, 2.05) is 6.07 Å². The number of anilines is 1. The van der Waals surface area contributed by atoms with E-state index in [0.717, 1.165) is 23.3 Å². The van der Waals surface area contributed by atoms with Crippen LogP contribution < -0.4 is 14.8 Å². The number of amides is 1. The number of aromatic nitrogens is 1. The Morgan fingerprint density at radius 2 is 1.70 bits per heavy atom. The third-order valence-electron chi connectivity index (χ3n) is 5.15. The number of halogens is 1. The molecular formula is C24H24FN3O4S. The maximum atomic E-state index is 13.0. The number of rotatable bonds is 10. The number of ether oxygens (including phenoxy) is 1. The molecular weight excluding hydrogens is 445 g/mol. The summed E-state index contributed by atoms with van der Waals surface area (Å²) < 4.78 is 45.8. The summed E-state index contributed by atoms with van der Waals surface area (Å²) in [4.78, 5) is 16.5. The summed E-state index contributed by atoms with van der Waals surface area (Å²) in [6.07, 6.45) is 4.28. The monoisotopic (exact) mass is 469 g/mol. The van der Waals surface area contributed by atoms with Crippen LogP contribution in [0.2, 0.25) is 0 Å². The summed E-state index contributed by atoms with van der Waals surface area (Å²) in [7, 11) is -3.82. The molecule has 1 fully saturated rings. The lowest BCUT2D eigenvalue weighted by molar-refractivity contribution is -0.120. The van der Waals surface area contributed by atoms with E-state index >= 15 is 0 Å². The number of benzene rings is 2. The minimum Gasteiger partial charge on any atom is -0.477 e. The minimum absolute atomic E-state index is 0.0376. The Labute approximate surface area is 192 Å². The second kappa shape index (κ2) is 9.99. The summed E-state index contributed by atoms with van der Waals surface area (Å²) in [6, 6.07) is 14.7. The van der Waals surface area contributed by atoms with Crippen molar-refractivity contribution in [3.05, 3.63) is 83.8 Å². The molecule has 0 radical (unpaired) electrons. The van der Waals surface area contributed by atoms with Gasteiger partial charge in [-0.15, -0.1) is 0 Å². The number of carbonyl (C=O) groups excluding carboxylic acids is 1. The van der Waals surface area contributed by atoms with Crippen LogP contribution in [0, 0.1) is 11.7 Å². The van der Waals surface area contributed by atoms with E-state index in [1.54, 1.807) is 36.5 Å². The number of sulfonamides is 1. The van der Waals surface area contributed by atoms with Gasteiger partial charge in [0.25, 0.3) is 10.0 Å². The number of carbonyl (C=O) groups is 1. The number of pyridine rings is 1. The first kappa shape index (κ1) is 22.7. The predicted octanol–water partition coefficient (Wildman–Crippen LogP) is 3.67. The standard InChI is InChI=1S/C24H24FN3O4S/c25-20-6-10-22(11-7-20)33(30,31)28-21-8-3-17(4-9-21)13-23(29)26-14-19-5-12-24(27-15-19)32-16-18-1-2-18/h3-12,15,18,28H,1-2,13-14,16H2,(H,26,29). The van der Waals surface area contributed by atoms with Crippen LogP contribution in [-0.2, 0) is 27.8 Å². The van der Waals surface area contributed by atoms with E-state index < -0.39 is 15.8 Å². The van der Waals surface area contributed by atoms with Crippen molar-refractivity contribution in [2.45, 2.75) is 30.7 Å². The van der Waals surface area contributed by atoms with E-state index in [9.17, 15) is 17.6 Å². The molecule has 7 nitrogen and oxygen atoms in total. The molecule has 0 saturated heterocycles. The number of nitrogens with zero attached hydrogens (tertiary/aromatic N) is 1. The van der Waals surface area contributed by atoms with E-state index in [4.69, 9.17) is 4.74 Å². The van der Waals surface area contributed by atoms with Gasteiger partial charge in [-0.1, -0.05) is 18.2 Å².